The molecule has 0 aromatic carbocycles. The van der Waals surface area contributed by atoms with Gasteiger partial charge in [-0.05, 0) is 83.5 Å². The zero-order valence-electron chi connectivity index (χ0n) is 43.3. The van der Waals surface area contributed by atoms with E-state index in [1.165, 1.54) is 89.9 Å². The van der Waals surface area contributed by atoms with Gasteiger partial charge in [0.2, 0.25) is 0 Å². The summed E-state index contributed by atoms with van der Waals surface area (Å²) in [6.07, 6.45) is 53.4. The SMILES string of the molecule is CC/C=C\C/C=C\C/C=C\C/C=C\CCCCC(=O)OC(CO)COP(=O)(O)OCC(COC(=O)CCCCCCCCCCC)OC(=O)CCCCCCCCC/C=C\CCCCCCCC. The van der Waals surface area contributed by atoms with Gasteiger partial charge in [-0.2, -0.15) is 0 Å². The summed E-state index contributed by atoms with van der Waals surface area (Å²) in [5.41, 5.74) is 0. The predicted molar refractivity (Wildman–Crippen MR) is 279 cm³/mol. The Balaban J connectivity index is 4.71. The third kappa shape index (κ3) is 48.2. The van der Waals surface area contributed by atoms with Crippen molar-refractivity contribution >= 4 is 25.7 Å². The average Bonchev–Trinajstić information content (AvgIpc) is 3.32. The number of carbonyl (C=O) groups is 3. The molecule has 0 bridgehead atoms. The van der Waals surface area contributed by atoms with Crippen LogP contribution in [-0.4, -0.2) is 66.5 Å². The van der Waals surface area contributed by atoms with Crippen LogP contribution in [0.4, 0.5) is 0 Å². The fourth-order valence-electron chi connectivity index (χ4n) is 7.28. The molecule has 394 valence electrons. The van der Waals surface area contributed by atoms with Crippen molar-refractivity contribution in [2.24, 2.45) is 0 Å². The molecule has 0 saturated heterocycles. The van der Waals surface area contributed by atoms with Gasteiger partial charge >= 0.3 is 25.7 Å². The first kappa shape index (κ1) is 65.2. The zero-order chi connectivity index (χ0) is 49.9. The molecule has 2 N–H and O–H groups in total. The highest BCUT2D eigenvalue weighted by Crippen LogP contribution is 2.43. The smallest absolute Gasteiger partial charge is 0.462 e. The molecule has 3 atom stereocenters. The molecule has 0 radical (unpaired) electrons. The molecule has 3 unspecified atom stereocenters. The first-order valence-corrected chi connectivity index (χ1v) is 28.7. The number of phosphoric ester groups is 1. The normalized spacial score (nSPS) is 13.9. The number of ether oxygens (including phenoxy) is 3. The van der Waals surface area contributed by atoms with Crippen molar-refractivity contribution in [1.82, 2.24) is 0 Å². The topological polar surface area (TPSA) is 155 Å². The van der Waals surface area contributed by atoms with Crippen molar-refractivity contribution in [3.8, 4) is 0 Å². The number of rotatable bonds is 50. The van der Waals surface area contributed by atoms with Gasteiger partial charge in [-0.1, -0.05) is 197 Å². The van der Waals surface area contributed by atoms with Gasteiger partial charge in [-0.15, -0.1) is 0 Å². The molecule has 0 fully saturated rings. The van der Waals surface area contributed by atoms with Crippen LogP contribution in [0.2, 0.25) is 0 Å². The highest BCUT2D eigenvalue weighted by atomic mass is 31.2. The molecule has 0 rings (SSSR count). The molecule has 0 aromatic rings. The molecule has 0 aliphatic rings. The molecular formula is C56H99O11P. The number of hydrogen-bond acceptors (Lipinski definition) is 10. The van der Waals surface area contributed by atoms with Crippen molar-refractivity contribution < 1.29 is 52.2 Å². The third-order valence-electron chi connectivity index (χ3n) is 11.4. The van der Waals surface area contributed by atoms with E-state index in [-0.39, 0.29) is 25.9 Å². The van der Waals surface area contributed by atoms with Crippen LogP contribution in [0.1, 0.15) is 239 Å². The summed E-state index contributed by atoms with van der Waals surface area (Å²) in [4.78, 5) is 48.3. The summed E-state index contributed by atoms with van der Waals surface area (Å²) >= 11 is 0. The first-order chi connectivity index (χ1) is 33.2. The van der Waals surface area contributed by atoms with Crippen molar-refractivity contribution in [2.75, 3.05) is 26.4 Å². The van der Waals surface area contributed by atoms with E-state index in [9.17, 15) is 28.9 Å². The van der Waals surface area contributed by atoms with Crippen LogP contribution in [0.25, 0.3) is 0 Å². The Bertz CT molecular complexity index is 1370. The second kappa shape index (κ2) is 50.6. The van der Waals surface area contributed by atoms with Gasteiger partial charge in [0.15, 0.2) is 6.10 Å². The summed E-state index contributed by atoms with van der Waals surface area (Å²) < 4.78 is 39.3. The van der Waals surface area contributed by atoms with Gasteiger partial charge in [0.1, 0.15) is 12.7 Å². The van der Waals surface area contributed by atoms with E-state index in [0.29, 0.717) is 19.3 Å². The number of aliphatic hydroxyl groups excluding tert-OH is 1. The Kier molecular flexibility index (Phi) is 48.5. The van der Waals surface area contributed by atoms with Gasteiger partial charge < -0.3 is 24.2 Å². The van der Waals surface area contributed by atoms with Crippen molar-refractivity contribution in [3.63, 3.8) is 0 Å². The minimum Gasteiger partial charge on any atom is -0.462 e. The van der Waals surface area contributed by atoms with Gasteiger partial charge in [0.05, 0.1) is 19.8 Å². The van der Waals surface area contributed by atoms with Gasteiger partial charge in [0, 0.05) is 19.3 Å². The molecule has 11 nitrogen and oxygen atoms in total. The minimum atomic E-state index is -4.75. The van der Waals surface area contributed by atoms with Crippen LogP contribution in [0.5, 0.6) is 0 Å². The Labute approximate surface area is 415 Å². The van der Waals surface area contributed by atoms with Crippen molar-refractivity contribution in [2.45, 2.75) is 251 Å². The zero-order valence-corrected chi connectivity index (χ0v) is 44.2. The van der Waals surface area contributed by atoms with E-state index in [2.05, 4.69) is 81.5 Å². The maximum absolute atomic E-state index is 12.8. The lowest BCUT2D eigenvalue weighted by molar-refractivity contribution is -0.161. The van der Waals surface area contributed by atoms with Crippen molar-refractivity contribution in [1.29, 1.82) is 0 Å². The van der Waals surface area contributed by atoms with Crippen LogP contribution < -0.4 is 0 Å². The number of allylic oxidation sites excluding steroid dienone is 10. The molecule has 0 saturated carbocycles. The van der Waals surface area contributed by atoms with Crippen LogP contribution in [0, 0.1) is 0 Å². The number of hydrogen-bond donors (Lipinski definition) is 2. The molecule has 68 heavy (non-hydrogen) atoms. The lowest BCUT2D eigenvalue weighted by Crippen LogP contribution is -2.30. The van der Waals surface area contributed by atoms with E-state index < -0.39 is 57.8 Å². The molecule has 0 amide bonds. The summed E-state index contributed by atoms with van der Waals surface area (Å²) in [7, 11) is -4.75. The standard InChI is InChI=1S/C56H99O11P/c1-4-7-10-13-16-19-21-23-25-26-28-30-32-35-38-41-44-47-56(60)67-53(49-63-54(58)45-42-39-36-33-18-15-12-9-6-3)51-65-68(61,62)64-50-52(48-57)66-55(59)46-43-40-37-34-31-29-27-24-22-20-17-14-11-8-5-2/h8,11,17,20,23-25,27,31,34,52-53,57H,4-7,9-10,12-16,18-19,21-22,26,28-30,32-33,35-51H2,1-3H3,(H,61,62)/b11-8-,20-17-,25-23-,27-24-,34-31-. The molecular weight excluding hydrogens is 880 g/mol. The Hall–Kier alpha value is -2.82. The minimum absolute atomic E-state index is 0.125. The molecule has 0 aromatic heterocycles. The van der Waals surface area contributed by atoms with E-state index in [1.54, 1.807) is 0 Å². The predicted octanol–water partition coefficient (Wildman–Crippen LogP) is 15.6. The first-order valence-electron chi connectivity index (χ1n) is 27.2. The quantitative estimate of drug-likeness (QED) is 0.0197. The number of esters is 3. The Morgan fingerprint density at radius 3 is 1.22 bits per heavy atom. The summed E-state index contributed by atoms with van der Waals surface area (Å²) in [5.74, 6) is -1.51. The number of unbranched alkanes of at least 4 members (excludes halogenated alkanes) is 23. The second-order valence-electron chi connectivity index (χ2n) is 18.0. The highest BCUT2D eigenvalue weighted by molar-refractivity contribution is 7.47. The molecule has 0 aliphatic heterocycles. The van der Waals surface area contributed by atoms with E-state index in [0.717, 1.165) is 89.9 Å². The summed E-state index contributed by atoms with van der Waals surface area (Å²) in [5, 5.41) is 9.78. The van der Waals surface area contributed by atoms with Gasteiger partial charge in [0.25, 0.3) is 0 Å². The molecule has 0 spiro atoms. The van der Waals surface area contributed by atoms with Crippen LogP contribution >= 0.6 is 7.82 Å². The fourth-order valence-corrected chi connectivity index (χ4v) is 8.07. The van der Waals surface area contributed by atoms with Crippen LogP contribution in [0.15, 0.2) is 60.8 Å². The highest BCUT2D eigenvalue weighted by Gasteiger charge is 2.28. The monoisotopic (exact) mass is 979 g/mol. The maximum atomic E-state index is 12.8. The van der Waals surface area contributed by atoms with Crippen molar-refractivity contribution in [3.05, 3.63) is 60.8 Å². The van der Waals surface area contributed by atoms with E-state index in [4.69, 9.17) is 23.3 Å². The van der Waals surface area contributed by atoms with Gasteiger partial charge in [-0.3, -0.25) is 23.4 Å². The van der Waals surface area contributed by atoms with Gasteiger partial charge in [-0.25, -0.2) is 4.57 Å². The van der Waals surface area contributed by atoms with Crippen LogP contribution in [0.3, 0.4) is 0 Å². The summed E-state index contributed by atoms with van der Waals surface area (Å²) in [6.45, 7) is 4.45. The molecule has 12 heteroatoms. The summed E-state index contributed by atoms with van der Waals surface area (Å²) in [6, 6.07) is 0. The number of phosphoric acid groups is 1. The Morgan fingerprint density at radius 1 is 0.426 bits per heavy atom. The molecule has 0 heterocycles. The third-order valence-corrected chi connectivity index (χ3v) is 12.4. The Morgan fingerprint density at radius 2 is 0.765 bits per heavy atom. The number of carbonyl (C=O) groups excluding carboxylic acids is 3. The van der Waals surface area contributed by atoms with Crippen LogP contribution in [-0.2, 0) is 42.2 Å². The lowest BCUT2D eigenvalue weighted by atomic mass is 10.1. The fraction of sp³-hybridized carbons (Fsp3) is 0.768. The number of aliphatic hydroxyl groups is 1. The van der Waals surface area contributed by atoms with E-state index >= 15 is 0 Å². The average molecular weight is 979 g/mol. The molecule has 0 aliphatic carbocycles. The maximum Gasteiger partial charge on any atom is 0.472 e. The lowest BCUT2D eigenvalue weighted by Gasteiger charge is -2.21. The second-order valence-corrected chi connectivity index (χ2v) is 19.5. The van der Waals surface area contributed by atoms with E-state index in [1.807, 2.05) is 0 Å². The largest absolute Gasteiger partial charge is 0.472 e.